The molecule has 5 nitrogen and oxygen atoms in total. The highest BCUT2D eigenvalue weighted by atomic mass is 16.6. The molecule has 0 bridgehead atoms. The van der Waals surface area contributed by atoms with Gasteiger partial charge in [0.25, 0.3) is 5.69 Å². The van der Waals surface area contributed by atoms with E-state index in [2.05, 4.69) is 4.84 Å². The standard InChI is InChI=1S/C10H14N2O3/c1-7-4-3-5-9(12(13)14)10(7)8(2)6-15-11/h3-5,8H,6,11H2,1-2H3. The summed E-state index contributed by atoms with van der Waals surface area (Å²) in [5.41, 5.74) is 1.70. The maximum absolute atomic E-state index is 10.8. The molecular formula is C10H14N2O3. The Hall–Kier alpha value is -1.46. The maximum Gasteiger partial charge on any atom is 0.273 e. The molecule has 0 aromatic heterocycles. The summed E-state index contributed by atoms with van der Waals surface area (Å²) in [6.07, 6.45) is 0. The Kier molecular flexibility index (Phi) is 3.76. The fraction of sp³-hybridized carbons (Fsp3) is 0.400. The van der Waals surface area contributed by atoms with Crippen molar-refractivity contribution < 1.29 is 9.76 Å². The Morgan fingerprint density at radius 3 is 2.80 bits per heavy atom. The zero-order chi connectivity index (χ0) is 11.4. The minimum atomic E-state index is -0.380. The van der Waals surface area contributed by atoms with Crippen molar-refractivity contribution in [3.8, 4) is 0 Å². The van der Waals surface area contributed by atoms with E-state index in [0.29, 0.717) is 5.56 Å². The van der Waals surface area contributed by atoms with Gasteiger partial charge in [-0.1, -0.05) is 19.1 Å². The lowest BCUT2D eigenvalue weighted by Crippen LogP contribution is -2.11. The van der Waals surface area contributed by atoms with Gasteiger partial charge in [-0.15, -0.1) is 0 Å². The fourth-order valence-electron chi connectivity index (χ4n) is 1.69. The Balaban J connectivity index is 3.18. The van der Waals surface area contributed by atoms with E-state index in [9.17, 15) is 10.1 Å². The summed E-state index contributed by atoms with van der Waals surface area (Å²) in [5, 5.41) is 10.8. The molecule has 5 heteroatoms. The smallest absolute Gasteiger partial charge is 0.273 e. The number of aryl methyl sites for hydroxylation is 1. The van der Waals surface area contributed by atoms with E-state index in [1.165, 1.54) is 6.07 Å². The van der Waals surface area contributed by atoms with Gasteiger partial charge in [0.15, 0.2) is 0 Å². The van der Waals surface area contributed by atoms with Crippen molar-refractivity contribution >= 4 is 5.69 Å². The van der Waals surface area contributed by atoms with Gasteiger partial charge >= 0.3 is 0 Å². The zero-order valence-electron chi connectivity index (χ0n) is 8.77. The number of nitrogens with zero attached hydrogens (tertiary/aromatic N) is 1. The van der Waals surface area contributed by atoms with Crippen LogP contribution in [0.3, 0.4) is 0 Å². The van der Waals surface area contributed by atoms with Crippen molar-refractivity contribution in [1.29, 1.82) is 0 Å². The first-order valence-electron chi connectivity index (χ1n) is 4.63. The molecule has 1 unspecified atom stereocenters. The Bertz CT molecular complexity index is 366. The molecule has 0 amide bonds. The van der Waals surface area contributed by atoms with Crippen molar-refractivity contribution in [2.24, 2.45) is 5.90 Å². The quantitative estimate of drug-likeness (QED) is 0.608. The second-order valence-corrected chi connectivity index (χ2v) is 3.50. The summed E-state index contributed by atoms with van der Waals surface area (Å²) in [5.74, 6) is 4.89. The van der Waals surface area contributed by atoms with Crippen molar-refractivity contribution in [2.75, 3.05) is 6.61 Å². The minimum Gasteiger partial charge on any atom is -0.304 e. The van der Waals surface area contributed by atoms with E-state index in [0.717, 1.165) is 5.56 Å². The predicted molar refractivity (Wildman–Crippen MR) is 56.4 cm³/mol. The van der Waals surface area contributed by atoms with Gasteiger partial charge in [-0.05, 0) is 12.5 Å². The molecule has 1 atom stereocenters. The summed E-state index contributed by atoms with van der Waals surface area (Å²) in [6.45, 7) is 3.96. The number of nitro benzene ring substituents is 1. The van der Waals surface area contributed by atoms with Crippen molar-refractivity contribution in [3.63, 3.8) is 0 Å². The number of hydrogen-bond acceptors (Lipinski definition) is 4. The van der Waals surface area contributed by atoms with E-state index in [-0.39, 0.29) is 23.1 Å². The summed E-state index contributed by atoms with van der Waals surface area (Å²) in [7, 11) is 0. The molecule has 1 aromatic rings. The van der Waals surface area contributed by atoms with Crippen LogP contribution in [0, 0.1) is 17.0 Å². The third-order valence-corrected chi connectivity index (χ3v) is 2.34. The molecule has 0 spiro atoms. The van der Waals surface area contributed by atoms with E-state index >= 15 is 0 Å². The van der Waals surface area contributed by atoms with Crippen LogP contribution < -0.4 is 5.90 Å². The molecule has 0 aliphatic rings. The second kappa shape index (κ2) is 4.86. The molecule has 0 aliphatic carbocycles. The molecule has 82 valence electrons. The molecule has 1 rings (SSSR count). The third-order valence-electron chi connectivity index (χ3n) is 2.34. The van der Waals surface area contributed by atoms with Crippen LogP contribution in [0.2, 0.25) is 0 Å². The lowest BCUT2D eigenvalue weighted by molar-refractivity contribution is -0.385. The van der Waals surface area contributed by atoms with Gasteiger partial charge in [-0.2, -0.15) is 0 Å². The van der Waals surface area contributed by atoms with Gasteiger partial charge in [0, 0.05) is 17.5 Å². The van der Waals surface area contributed by atoms with Crippen LogP contribution >= 0.6 is 0 Å². The van der Waals surface area contributed by atoms with E-state index in [1.807, 2.05) is 19.9 Å². The highest BCUT2D eigenvalue weighted by Crippen LogP contribution is 2.29. The van der Waals surface area contributed by atoms with E-state index in [4.69, 9.17) is 5.90 Å². The molecule has 0 saturated heterocycles. The average Bonchev–Trinajstić information content (AvgIpc) is 2.17. The first-order chi connectivity index (χ1) is 7.07. The summed E-state index contributed by atoms with van der Waals surface area (Å²) >= 11 is 0. The number of nitrogens with two attached hydrogens (primary N) is 1. The topological polar surface area (TPSA) is 78.4 Å². The molecule has 15 heavy (non-hydrogen) atoms. The molecule has 0 aliphatic heterocycles. The first kappa shape index (κ1) is 11.6. The molecular weight excluding hydrogens is 196 g/mol. The maximum atomic E-state index is 10.8. The van der Waals surface area contributed by atoms with Crippen LogP contribution in [0.4, 0.5) is 5.69 Å². The lowest BCUT2D eigenvalue weighted by Gasteiger charge is -2.13. The van der Waals surface area contributed by atoms with Crippen LogP contribution in [0.15, 0.2) is 18.2 Å². The first-order valence-corrected chi connectivity index (χ1v) is 4.63. The highest BCUT2D eigenvalue weighted by Gasteiger charge is 2.20. The average molecular weight is 210 g/mol. The van der Waals surface area contributed by atoms with Crippen molar-refractivity contribution in [2.45, 2.75) is 19.8 Å². The second-order valence-electron chi connectivity index (χ2n) is 3.50. The predicted octanol–water partition coefficient (Wildman–Crippen LogP) is 1.90. The monoisotopic (exact) mass is 210 g/mol. The zero-order valence-corrected chi connectivity index (χ0v) is 8.77. The van der Waals surface area contributed by atoms with Gasteiger partial charge in [-0.25, -0.2) is 5.90 Å². The van der Waals surface area contributed by atoms with Crippen LogP contribution in [-0.4, -0.2) is 11.5 Å². The van der Waals surface area contributed by atoms with Crippen molar-refractivity contribution in [3.05, 3.63) is 39.4 Å². The van der Waals surface area contributed by atoms with Gasteiger partial charge in [-0.3, -0.25) is 10.1 Å². The summed E-state index contributed by atoms with van der Waals surface area (Å²) in [4.78, 5) is 15.0. The minimum absolute atomic E-state index is 0.0865. The van der Waals surface area contributed by atoms with Crippen molar-refractivity contribution in [1.82, 2.24) is 0 Å². The molecule has 1 aromatic carbocycles. The van der Waals surface area contributed by atoms with Gasteiger partial charge in [0.2, 0.25) is 0 Å². The summed E-state index contributed by atoms with van der Waals surface area (Å²) < 4.78 is 0. The Morgan fingerprint density at radius 2 is 2.27 bits per heavy atom. The van der Waals surface area contributed by atoms with Gasteiger partial charge in [0.05, 0.1) is 11.5 Å². The SMILES string of the molecule is Cc1cccc([N+](=O)[O-])c1C(C)CON. The molecule has 0 fully saturated rings. The Morgan fingerprint density at radius 1 is 1.60 bits per heavy atom. The normalized spacial score (nSPS) is 12.5. The third kappa shape index (κ3) is 2.51. The Labute approximate surface area is 88.0 Å². The van der Waals surface area contributed by atoms with E-state index in [1.54, 1.807) is 6.07 Å². The number of benzene rings is 1. The highest BCUT2D eigenvalue weighted by molar-refractivity contribution is 5.47. The number of hydrogen-bond donors (Lipinski definition) is 1. The fourth-order valence-corrected chi connectivity index (χ4v) is 1.69. The number of nitro groups is 1. The van der Waals surface area contributed by atoms with Crippen LogP contribution in [0.25, 0.3) is 0 Å². The summed E-state index contributed by atoms with van der Waals surface area (Å²) in [6, 6.07) is 5.01. The molecule has 0 heterocycles. The van der Waals surface area contributed by atoms with Crippen LogP contribution in [0.5, 0.6) is 0 Å². The lowest BCUT2D eigenvalue weighted by atomic mass is 9.95. The largest absolute Gasteiger partial charge is 0.304 e. The van der Waals surface area contributed by atoms with E-state index < -0.39 is 0 Å². The van der Waals surface area contributed by atoms with Crippen LogP contribution in [0.1, 0.15) is 24.0 Å². The van der Waals surface area contributed by atoms with Gasteiger partial charge in [0.1, 0.15) is 0 Å². The van der Waals surface area contributed by atoms with Gasteiger partial charge < -0.3 is 4.84 Å². The molecule has 2 N–H and O–H groups in total. The number of rotatable bonds is 4. The van der Waals surface area contributed by atoms with Crippen LogP contribution in [-0.2, 0) is 4.84 Å². The molecule has 0 radical (unpaired) electrons. The molecule has 0 saturated carbocycles.